The molecule has 1 aliphatic rings. The minimum absolute atomic E-state index is 0.0650. The summed E-state index contributed by atoms with van der Waals surface area (Å²) in [5.41, 5.74) is 3.82. The second-order valence-electron chi connectivity index (χ2n) is 8.11. The van der Waals surface area contributed by atoms with E-state index in [1.807, 2.05) is 32.9 Å². The molecule has 172 valence electrons. The van der Waals surface area contributed by atoms with Gasteiger partial charge in [-0.1, -0.05) is 35.7 Å². The van der Waals surface area contributed by atoms with E-state index in [-0.39, 0.29) is 27.9 Å². The van der Waals surface area contributed by atoms with E-state index in [0.717, 1.165) is 41.6 Å². The number of sulfonamides is 1. The van der Waals surface area contributed by atoms with Gasteiger partial charge in [-0.3, -0.25) is 9.59 Å². The number of nitrogens with one attached hydrogen (secondary N) is 2. The first-order chi connectivity index (χ1) is 15.1. The third kappa shape index (κ3) is 5.49. The van der Waals surface area contributed by atoms with Crippen molar-refractivity contribution in [1.82, 2.24) is 9.62 Å². The molecule has 3 rings (SSSR count). The van der Waals surface area contributed by atoms with E-state index >= 15 is 0 Å². The first-order valence-corrected chi connectivity index (χ1v) is 12.4. The van der Waals surface area contributed by atoms with Crippen LogP contribution in [0.3, 0.4) is 0 Å². The third-order valence-corrected chi connectivity index (χ3v) is 7.86. The van der Waals surface area contributed by atoms with Crippen LogP contribution in [0.15, 0.2) is 35.2 Å². The van der Waals surface area contributed by atoms with Crippen molar-refractivity contribution in [1.29, 1.82) is 0 Å². The fourth-order valence-corrected chi connectivity index (χ4v) is 5.93. The molecule has 0 aliphatic carbocycles. The number of nitrogens with zero attached hydrogens (tertiary/aromatic N) is 1. The molecule has 0 saturated carbocycles. The monoisotopic (exact) mass is 477 g/mol. The van der Waals surface area contributed by atoms with Crippen LogP contribution in [-0.4, -0.2) is 44.2 Å². The highest BCUT2D eigenvalue weighted by Gasteiger charge is 2.28. The summed E-state index contributed by atoms with van der Waals surface area (Å²) in [6.45, 7) is 6.43. The molecule has 0 atom stereocenters. The highest BCUT2D eigenvalue weighted by molar-refractivity contribution is 7.89. The maximum atomic E-state index is 13.0. The number of benzene rings is 2. The standard InChI is InChI=1S/C23H28ClN3O4S/c1-15-11-16(2)22(17(3)12-15)26-21(28)14-25-23(29)18-7-8-19(24)20(13-18)32(30,31)27-9-5-4-6-10-27/h7-8,11-13H,4-6,9-10,14H2,1-3H3,(H,25,29)(H,26,28). The molecule has 9 heteroatoms. The number of carbonyl (C=O) groups excluding carboxylic acids is 2. The van der Waals surface area contributed by atoms with Crippen molar-refractivity contribution in [2.24, 2.45) is 0 Å². The SMILES string of the molecule is Cc1cc(C)c(NC(=O)CNC(=O)c2ccc(Cl)c(S(=O)(=O)N3CCCCC3)c2)c(C)c1. The van der Waals surface area contributed by atoms with E-state index in [9.17, 15) is 18.0 Å². The second-order valence-corrected chi connectivity index (χ2v) is 10.4. The number of hydrogen-bond acceptors (Lipinski definition) is 4. The minimum Gasteiger partial charge on any atom is -0.343 e. The van der Waals surface area contributed by atoms with E-state index in [0.29, 0.717) is 13.1 Å². The Morgan fingerprint density at radius 2 is 1.62 bits per heavy atom. The van der Waals surface area contributed by atoms with Crippen LogP contribution in [0.5, 0.6) is 0 Å². The summed E-state index contributed by atoms with van der Waals surface area (Å²) in [6.07, 6.45) is 2.59. The molecule has 2 amide bonds. The van der Waals surface area contributed by atoms with Crippen molar-refractivity contribution >= 4 is 39.1 Å². The van der Waals surface area contributed by atoms with Gasteiger partial charge in [0.1, 0.15) is 4.90 Å². The molecule has 0 unspecified atom stereocenters. The first kappa shape index (κ1) is 24.2. The highest BCUT2D eigenvalue weighted by atomic mass is 35.5. The number of aryl methyl sites for hydroxylation is 3. The van der Waals surface area contributed by atoms with Crippen LogP contribution >= 0.6 is 11.6 Å². The van der Waals surface area contributed by atoms with Crippen molar-refractivity contribution in [3.05, 3.63) is 57.6 Å². The summed E-state index contributed by atoms with van der Waals surface area (Å²) in [7, 11) is -3.79. The van der Waals surface area contributed by atoms with Gasteiger partial charge >= 0.3 is 0 Å². The predicted molar refractivity (Wildman–Crippen MR) is 126 cm³/mol. The molecular formula is C23H28ClN3O4S. The Kier molecular flexibility index (Phi) is 7.59. The highest BCUT2D eigenvalue weighted by Crippen LogP contribution is 2.28. The molecule has 0 radical (unpaired) electrons. The summed E-state index contributed by atoms with van der Waals surface area (Å²) in [5, 5.41) is 5.43. The molecule has 1 fully saturated rings. The molecular weight excluding hydrogens is 450 g/mol. The minimum atomic E-state index is -3.79. The average Bonchev–Trinajstić information content (AvgIpc) is 2.75. The van der Waals surface area contributed by atoms with Crippen LogP contribution in [0, 0.1) is 20.8 Å². The van der Waals surface area contributed by atoms with Crippen molar-refractivity contribution in [3.8, 4) is 0 Å². The summed E-state index contributed by atoms with van der Waals surface area (Å²) in [4.78, 5) is 24.9. The fourth-order valence-electron chi connectivity index (χ4n) is 3.91. The summed E-state index contributed by atoms with van der Waals surface area (Å²) >= 11 is 6.16. The van der Waals surface area contributed by atoms with Crippen LogP contribution in [0.4, 0.5) is 5.69 Å². The quantitative estimate of drug-likeness (QED) is 0.661. The summed E-state index contributed by atoms with van der Waals surface area (Å²) < 4.78 is 27.4. The van der Waals surface area contributed by atoms with Crippen LogP contribution < -0.4 is 10.6 Å². The van der Waals surface area contributed by atoms with Crippen molar-refractivity contribution in [3.63, 3.8) is 0 Å². The smallest absolute Gasteiger partial charge is 0.251 e. The topological polar surface area (TPSA) is 95.6 Å². The van der Waals surface area contributed by atoms with E-state index in [4.69, 9.17) is 11.6 Å². The van der Waals surface area contributed by atoms with Gasteiger partial charge < -0.3 is 10.6 Å². The summed E-state index contributed by atoms with van der Waals surface area (Å²) in [6, 6.07) is 8.05. The van der Waals surface area contributed by atoms with Crippen LogP contribution in [0.1, 0.15) is 46.3 Å². The Balaban J connectivity index is 1.69. The number of amides is 2. The van der Waals surface area contributed by atoms with Gasteiger partial charge in [-0.15, -0.1) is 0 Å². The maximum absolute atomic E-state index is 13.0. The van der Waals surface area contributed by atoms with Gasteiger partial charge in [0, 0.05) is 24.3 Å². The van der Waals surface area contributed by atoms with Gasteiger partial charge in [-0.05, 0) is 62.9 Å². The molecule has 1 saturated heterocycles. The molecule has 2 N–H and O–H groups in total. The molecule has 2 aromatic rings. The number of anilines is 1. The zero-order valence-corrected chi connectivity index (χ0v) is 20.1. The molecule has 0 bridgehead atoms. The van der Waals surface area contributed by atoms with Gasteiger partial charge in [0.25, 0.3) is 5.91 Å². The molecule has 2 aromatic carbocycles. The molecule has 0 spiro atoms. The Hall–Kier alpha value is -2.42. The molecule has 0 aromatic heterocycles. The van der Waals surface area contributed by atoms with Gasteiger partial charge in [0.05, 0.1) is 11.6 Å². The molecule has 1 aliphatic heterocycles. The van der Waals surface area contributed by atoms with Crippen LogP contribution in [-0.2, 0) is 14.8 Å². The zero-order chi connectivity index (χ0) is 23.5. The lowest BCUT2D eigenvalue weighted by atomic mass is 10.1. The largest absolute Gasteiger partial charge is 0.343 e. The van der Waals surface area contributed by atoms with Gasteiger partial charge in [-0.2, -0.15) is 4.31 Å². The van der Waals surface area contributed by atoms with Crippen LogP contribution in [0.25, 0.3) is 0 Å². The van der Waals surface area contributed by atoms with Gasteiger partial charge in [0.2, 0.25) is 15.9 Å². The fraction of sp³-hybridized carbons (Fsp3) is 0.391. The molecule has 1 heterocycles. The van der Waals surface area contributed by atoms with Crippen molar-refractivity contribution in [2.45, 2.75) is 44.9 Å². The van der Waals surface area contributed by atoms with Gasteiger partial charge in [-0.25, -0.2) is 8.42 Å². The van der Waals surface area contributed by atoms with E-state index in [1.165, 1.54) is 22.5 Å². The van der Waals surface area contributed by atoms with Crippen molar-refractivity contribution in [2.75, 3.05) is 25.0 Å². The number of hydrogen-bond donors (Lipinski definition) is 2. The lowest BCUT2D eigenvalue weighted by Crippen LogP contribution is -2.36. The van der Waals surface area contributed by atoms with E-state index in [1.54, 1.807) is 0 Å². The normalized spacial score (nSPS) is 14.8. The lowest BCUT2D eigenvalue weighted by Gasteiger charge is -2.26. The van der Waals surface area contributed by atoms with Crippen LogP contribution in [0.2, 0.25) is 5.02 Å². The first-order valence-electron chi connectivity index (χ1n) is 10.5. The van der Waals surface area contributed by atoms with E-state index < -0.39 is 15.9 Å². The summed E-state index contributed by atoms with van der Waals surface area (Å²) in [5.74, 6) is -0.923. The van der Waals surface area contributed by atoms with Gasteiger partial charge in [0.15, 0.2) is 0 Å². The Morgan fingerprint density at radius 3 is 2.25 bits per heavy atom. The number of rotatable bonds is 6. The third-order valence-electron chi connectivity index (χ3n) is 5.48. The number of piperidine rings is 1. The Labute approximate surface area is 194 Å². The molecule has 32 heavy (non-hydrogen) atoms. The lowest BCUT2D eigenvalue weighted by molar-refractivity contribution is -0.115. The maximum Gasteiger partial charge on any atom is 0.251 e. The zero-order valence-electron chi connectivity index (χ0n) is 18.5. The van der Waals surface area contributed by atoms with Crippen molar-refractivity contribution < 1.29 is 18.0 Å². The average molecular weight is 478 g/mol. The predicted octanol–water partition coefficient (Wildman–Crippen LogP) is 3.81. The number of halogens is 1. The number of carbonyl (C=O) groups is 2. The van der Waals surface area contributed by atoms with E-state index in [2.05, 4.69) is 10.6 Å². The molecule has 7 nitrogen and oxygen atoms in total. The second kappa shape index (κ2) is 10.0. The Morgan fingerprint density at radius 1 is 1.00 bits per heavy atom. The Bertz CT molecular complexity index is 1120.